The maximum atomic E-state index is 12.3. The van der Waals surface area contributed by atoms with Gasteiger partial charge < -0.3 is 15.5 Å². The van der Waals surface area contributed by atoms with Crippen molar-refractivity contribution in [3.05, 3.63) is 64.2 Å². The Morgan fingerprint density at radius 3 is 2.44 bits per heavy atom. The first-order valence-electron chi connectivity index (χ1n) is 8.98. The van der Waals surface area contributed by atoms with E-state index in [-0.39, 0.29) is 30.9 Å². The molecule has 1 unspecified atom stereocenters. The number of likely N-dealkylation sites (N-methyl/N-ethyl adjacent to an activating group) is 1. The lowest BCUT2D eigenvalue weighted by atomic mass is 10.1. The number of benzene rings is 2. The number of rotatable bonds is 7. The highest BCUT2D eigenvalue weighted by Crippen LogP contribution is 2.18. The highest BCUT2D eigenvalue weighted by atomic mass is 35.5. The average molecular weight is 389 g/mol. The molecule has 0 saturated heterocycles. The average Bonchev–Trinajstić information content (AvgIpc) is 2.58. The Balaban J connectivity index is 1.83. The minimum Gasteiger partial charge on any atom is -0.345 e. The van der Waals surface area contributed by atoms with E-state index in [1.54, 1.807) is 6.07 Å². The van der Waals surface area contributed by atoms with E-state index >= 15 is 0 Å². The zero-order valence-corrected chi connectivity index (χ0v) is 17.0. The van der Waals surface area contributed by atoms with E-state index in [9.17, 15) is 9.59 Å². The molecule has 144 valence electrons. The normalized spacial score (nSPS) is 12.9. The second kappa shape index (κ2) is 9.53. The molecule has 3 N–H and O–H groups in total. The van der Waals surface area contributed by atoms with Gasteiger partial charge in [-0.1, -0.05) is 35.9 Å². The molecule has 2 amide bonds. The number of amides is 2. The van der Waals surface area contributed by atoms with Gasteiger partial charge in [0, 0.05) is 10.7 Å². The number of hydrogen-bond donors (Lipinski definition) is 3. The number of carbonyl (C=O) groups excluding carboxylic acids is 2. The quantitative estimate of drug-likeness (QED) is 0.681. The van der Waals surface area contributed by atoms with Crippen molar-refractivity contribution in [3.63, 3.8) is 0 Å². The molecule has 0 radical (unpaired) electrons. The fourth-order valence-electron chi connectivity index (χ4n) is 2.84. The Hall–Kier alpha value is -2.37. The topological polar surface area (TPSA) is 62.6 Å². The molecule has 27 heavy (non-hydrogen) atoms. The summed E-state index contributed by atoms with van der Waals surface area (Å²) < 4.78 is 0. The van der Waals surface area contributed by atoms with Crippen LogP contribution in [0.1, 0.15) is 29.7 Å². The molecule has 5 nitrogen and oxygen atoms in total. The van der Waals surface area contributed by atoms with Gasteiger partial charge in [0.15, 0.2) is 13.1 Å². The predicted molar refractivity (Wildman–Crippen MR) is 109 cm³/mol. The maximum Gasteiger partial charge on any atom is 0.279 e. The second-order valence-corrected chi connectivity index (χ2v) is 7.39. The van der Waals surface area contributed by atoms with E-state index in [2.05, 4.69) is 10.6 Å². The monoisotopic (exact) mass is 388 g/mol. The smallest absolute Gasteiger partial charge is 0.279 e. The van der Waals surface area contributed by atoms with E-state index in [1.807, 2.05) is 64.2 Å². The van der Waals surface area contributed by atoms with E-state index < -0.39 is 0 Å². The number of hydrogen-bond acceptors (Lipinski definition) is 2. The highest BCUT2D eigenvalue weighted by molar-refractivity contribution is 6.30. The first-order valence-corrected chi connectivity index (χ1v) is 9.36. The molecular formula is C21H27ClN3O2+. The van der Waals surface area contributed by atoms with Crippen LogP contribution < -0.4 is 15.5 Å². The molecule has 0 aromatic heterocycles. The fourth-order valence-corrected chi connectivity index (χ4v) is 3.04. The first-order chi connectivity index (χ1) is 12.8. The van der Waals surface area contributed by atoms with Crippen molar-refractivity contribution in [3.8, 4) is 0 Å². The summed E-state index contributed by atoms with van der Waals surface area (Å²) in [7, 11) is 1.83. The van der Waals surface area contributed by atoms with Crippen molar-refractivity contribution in [2.75, 3.05) is 25.5 Å². The van der Waals surface area contributed by atoms with Gasteiger partial charge >= 0.3 is 0 Å². The molecular weight excluding hydrogens is 362 g/mol. The minimum atomic E-state index is -0.146. The van der Waals surface area contributed by atoms with Crippen LogP contribution in [0.3, 0.4) is 0 Å². The van der Waals surface area contributed by atoms with Gasteiger partial charge in [-0.15, -0.1) is 0 Å². The van der Waals surface area contributed by atoms with Gasteiger partial charge in [0.2, 0.25) is 0 Å². The molecule has 0 heterocycles. The minimum absolute atomic E-state index is 0.112. The van der Waals surface area contributed by atoms with Gasteiger partial charge in [0.25, 0.3) is 11.8 Å². The fraction of sp³-hybridized carbons (Fsp3) is 0.333. The Bertz CT molecular complexity index is 823. The van der Waals surface area contributed by atoms with Crippen molar-refractivity contribution in [2.24, 2.45) is 0 Å². The summed E-state index contributed by atoms with van der Waals surface area (Å²) in [6.45, 7) is 6.32. The van der Waals surface area contributed by atoms with Crippen LogP contribution in [0.25, 0.3) is 0 Å². The van der Waals surface area contributed by atoms with E-state index in [1.165, 1.54) is 0 Å². The van der Waals surface area contributed by atoms with Crippen molar-refractivity contribution >= 4 is 29.1 Å². The van der Waals surface area contributed by atoms with Crippen LogP contribution in [0.5, 0.6) is 0 Å². The summed E-state index contributed by atoms with van der Waals surface area (Å²) in [6.07, 6.45) is 0. The van der Waals surface area contributed by atoms with Crippen molar-refractivity contribution in [1.82, 2.24) is 5.32 Å². The van der Waals surface area contributed by atoms with Crippen molar-refractivity contribution in [1.29, 1.82) is 0 Å². The standard InChI is InChI=1S/C21H26ClN3O2/c1-14-7-5-10-19(15(14)2)24-21(27)13-25(4)12-20(26)23-16(3)17-8-6-9-18(22)11-17/h5-11,16H,12-13H2,1-4H3,(H,23,26)(H,24,27)/p+1/t16-/m0/s1. The van der Waals surface area contributed by atoms with Crippen LogP contribution in [0.4, 0.5) is 5.69 Å². The van der Waals surface area contributed by atoms with E-state index in [0.29, 0.717) is 5.02 Å². The Labute approximate surface area is 165 Å². The maximum absolute atomic E-state index is 12.3. The molecule has 2 atom stereocenters. The molecule has 0 aliphatic rings. The Morgan fingerprint density at radius 1 is 1.07 bits per heavy atom. The summed E-state index contributed by atoms with van der Waals surface area (Å²) in [5.74, 6) is -0.226. The largest absolute Gasteiger partial charge is 0.345 e. The Morgan fingerprint density at radius 2 is 1.74 bits per heavy atom. The third kappa shape index (κ3) is 6.38. The number of quaternary nitrogens is 1. The van der Waals surface area contributed by atoms with Crippen molar-refractivity contribution < 1.29 is 14.5 Å². The van der Waals surface area contributed by atoms with Gasteiger partial charge in [-0.05, 0) is 55.7 Å². The predicted octanol–water partition coefficient (Wildman–Crippen LogP) is 2.29. The van der Waals surface area contributed by atoms with Gasteiger partial charge in [0.05, 0.1) is 13.1 Å². The Kier molecular flexibility index (Phi) is 7.39. The molecule has 0 aliphatic carbocycles. The SMILES string of the molecule is Cc1cccc(NC(=O)C[NH+](C)CC(=O)N[C@@H](C)c2cccc(Cl)c2)c1C. The zero-order chi connectivity index (χ0) is 20.0. The molecule has 0 bridgehead atoms. The van der Waals surface area contributed by atoms with Crippen LogP contribution in [0.2, 0.25) is 5.02 Å². The zero-order valence-electron chi connectivity index (χ0n) is 16.2. The highest BCUT2D eigenvalue weighted by Gasteiger charge is 2.17. The van der Waals surface area contributed by atoms with Gasteiger partial charge in [0.1, 0.15) is 0 Å². The molecule has 0 aliphatic heterocycles. The summed E-state index contributed by atoms with van der Waals surface area (Å²) in [5.41, 5.74) is 3.94. The van der Waals surface area contributed by atoms with E-state index in [0.717, 1.165) is 27.3 Å². The van der Waals surface area contributed by atoms with Crippen LogP contribution in [0.15, 0.2) is 42.5 Å². The lowest BCUT2D eigenvalue weighted by Gasteiger charge is -2.18. The molecule has 2 aromatic carbocycles. The lowest BCUT2D eigenvalue weighted by molar-refractivity contribution is -0.862. The molecule has 0 spiro atoms. The number of aryl methyl sites for hydroxylation is 1. The molecule has 0 fully saturated rings. The summed E-state index contributed by atoms with van der Waals surface area (Å²) in [6, 6.07) is 13.1. The van der Waals surface area contributed by atoms with Gasteiger partial charge in [-0.25, -0.2) is 0 Å². The number of nitrogens with one attached hydrogen (secondary N) is 3. The third-order valence-electron chi connectivity index (χ3n) is 4.53. The molecule has 6 heteroatoms. The second-order valence-electron chi connectivity index (χ2n) is 6.95. The number of carbonyl (C=O) groups is 2. The summed E-state index contributed by atoms with van der Waals surface area (Å²) >= 11 is 5.99. The summed E-state index contributed by atoms with van der Waals surface area (Å²) in [5, 5.41) is 6.50. The number of anilines is 1. The van der Waals surface area contributed by atoms with Crippen LogP contribution in [-0.2, 0) is 9.59 Å². The van der Waals surface area contributed by atoms with Crippen LogP contribution in [-0.4, -0.2) is 32.0 Å². The molecule has 2 aromatic rings. The van der Waals surface area contributed by atoms with E-state index in [4.69, 9.17) is 11.6 Å². The van der Waals surface area contributed by atoms with Crippen molar-refractivity contribution in [2.45, 2.75) is 26.8 Å². The summed E-state index contributed by atoms with van der Waals surface area (Å²) in [4.78, 5) is 25.3. The third-order valence-corrected chi connectivity index (χ3v) is 4.76. The van der Waals surface area contributed by atoms with Gasteiger partial charge in [-0.3, -0.25) is 9.59 Å². The molecule has 0 saturated carbocycles. The first kappa shape index (κ1) is 20.9. The van der Waals surface area contributed by atoms with Crippen LogP contribution >= 0.6 is 11.6 Å². The van der Waals surface area contributed by atoms with Crippen LogP contribution in [0, 0.1) is 13.8 Å². The van der Waals surface area contributed by atoms with Gasteiger partial charge in [-0.2, -0.15) is 0 Å². The number of halogens is 1. The lowest BCUT2D eigenvalue weighted by Crippen LogP contribution is -3.11. The molecule has 2 rings (SSSR count).